The lowest BCUT2D eigenvalue weighted by molar-refractivity contribution is -0.00705. The SMILES string of the molecule is CCCCC1(CO)CC(C)C1. The summed E-state index contributed by atoms with van der Waals surface area (Å²) in [5.74, 6) is 0.860. The van der Waals surface area contributed by atoms with Gasteiger partial charge in [-0.3, -0.25) is 0 Å². The molecule has 0 unspecified atom stereocenters. The second kappa shape index (κ2) is 3.57. The maximum atomic E-state index is 9.18. The molecule has 0 heterocycles. The molecule has 1 rings (SSSR count). The molecule has 0 aromatic carbocycles. The van der Waals surface area contributed by atoms with Crippen LogP contribution in [0.1, 0.15) is 46.0 Å². The van der Waals surface area contributed by atoms with Crippen LogP contribution in [0.5, 0.6) is 0 Å². The third kappa shape index (κ3) is 1.96. The molecule has 1 heteroatoms. The van der Waals surface area contributed by atoms with Crippen LogP contribution in [0.25, 0.3) is 0 Å². The Morgan fingerprint density at radius 1 is 1.45 bits per heavy atom. The van der Waals surface area contributed by atoms with Gasteiger partial charge in [0.15, 0.2) is 0 Å². The van der Waals surface area contributed by atoms with Gasteiger partial charge in [-0.25, -0.2) is 0 Å². The Morgan fingerprint density at radius 2 is 2.09 bits per heavy atom. The molecule has 0 aromatic heterocycles. The summed E-state index contributed by atoms with van der Waals surface area (Å²) in [5.41, 5.74) is 0.343. The molecule has 0 bridgehead atoms. The van der Waals surface area contributed by atoms with Gasteiger partial charge in [-0.1, -0.05) is 26.7 Å². The Balaban J connectivity index is 2.26. The molecular formula is C10H20O. The maximum absolute atomic E-state index is 9.18. The molecule has 0 saturated heterocycles. The summed E-state index contributed by atoms with van der Waals surface area (Å²) >= 11 is 0. The Kier molecular flexibility index (Phi) is 2.94. The second-order valence-electron chi connectivity index (χ2n) is 4.28. The summed E-state index contributed by atoms with van der Waals surface area (Å²) in [6.07, 6.45) is 6.29. The van der Waals surface area contributed by atoms with Gasteiger partial charge in [-0.2, -0.15) is 0 Å². The first-order valence-electron chi connectivity index (χ1n) is 4.83. The minimum Gasteiger partial charge on any atom is -0.396 e. The Labute approximate surface area is 69.8 Å². The molecule has 1 aliphatic rings. The summed E-state index contributed by atoms with van der Waals surface area (Å²) < 4.78 is 0. The quantitative estimate of drug-likeness (QED) is 0.663. The average Bonchev–Trinajstić information content (AvgIpc) is 1.96. The monoisotopic (exact) mass is 156 g/mol. The third-order valence-electron chi connectivity index (χ3n) is 2.96. The van der Waals surface area contributed by atoms with Crippen molar-refractivity contribution >= 4 is 0 Å². The lowest BCUT2D eigenvalue weighted by Gasteiger charge is -2.45. The van der Waals surface area contributed by atoms with Gasteiger partial charge in [0.1, 0.15) is 0 Å². The van der Waals surface area contributed by atoms with Gasteiger partial charge in [-0.15, -0.1) is 0 Å². The highest BCUT2D eigenvalue weighted by molar-refractivity contribution is 4.90. The minimum atomic E-state index is 0.343. The number of unbranched alkanes of at least 4 members (excludes halogenated alkanes) is 1. The van der Waals surface area contributed by atoms with Crippen LogP contribution in [0.2, 0.25) is 0 Å². The number of aliphatic hydroxyl groups is 1. The lowest BCUT2D eigenvalue weighted by Crippen LogP contribution is -2.38. The molecule has 0 radical (unpaired) electrons. The molecule has 1 aliphatic carbocycles. The largest absolute Gasteiger partial charge is 0.396 e. The fourth-order valence-electron chi connectivity index (χ4n) is 2.38. The molecule has 0 aromatic rings. The van der Waals surface area contributed by atoms with E-state index in [0.29, 0.717) is 12.0 Å². The number of hydrogen-bond acceptors (Lipinski definition) is 1. The van der Waals surface area contributed by atoms with E-state index in [1.807, 2.05) is 0 Å². The predicted molar refractivity (Wildman–Crippen MR) is 47.4 cm³/mol. The topological polar surface area (TPSA) is 20.2 Å². The Bertz CT molecular complexity index is 114. The van der Waals surface area contributed by atoms with Crippen molar-refractivity contribution in [2.24, 2.45) is 11.3 Å². The van der Waals surface area contributed by atoms with E-state index in [2.05, 4.69) is 13.8 Å². The van der Waals surface area contributed by atoms with Crippen molar-refractivity contribution in [2.75, 3.05) is 6.61 Å². The van der Waals surface area contributed by atoms with E-state index in [-0.39, 0.29) is 0 Å². The van der Waals surface area contributed by atoms with Crippen molar-refractivity contribution in [1.29, 1.82) is 0 Å². The van der Waals surface area contributed by atoms with Gasteiger partial charge in [0.05, 0.1) is 0 Å². The van der Waals surface area contributed by atoms with Crippen molar-refractivity contribution in [3.05, 3.63) is 0 Å². The first kappa shape index (κ1) is 9.05. The summed E-state index contributed by atoms with van der Waals surface area (Å²) in [6, 6.07) is 0. The molecule has 0 atom stereocenters. The van der Waals surface area contributed by atoms with Crippen molar-refractivity contribution in [1.82, 2.24) is 0 Å². The summed E-state index contributed by atoms with van der Waals surface area (Å²) in [5, 5.41) is 9.18. The van der Waals surface area contributed by atoms with E-state index in [0.717, 1.165) is 5.92 Å². The number of hydrogen-bond donors (Lipinski definition) is 1. The highest BCUT2D eigenvalue weighted by Gasteiger charge is 2.40. The summed E-state index contributed by atoms with van der Waals surface area (Å²) in [6.45, 7) is 4.91. The van der Waals surface area contributed by atoms with Gasteiger partial charge in [0, 0.05) is 6.61 Å². The Morgan fingerprint density at radius 3 is 2.45 bits per heavy atom. The van der Waals surface area contributed by atoms with E-state index in [1.54, 1.807) is 0 Å². The Hall–Kier alpha value is -0.0400. The maximum Gasteiger partial charge on any atom is 0.0487 e. The molecule has 1 nitrogen and oxygen atoms in total. The van der Waals surface area contributed by atoms with Gasteiger partial charge in [0.2, 0.25) is 0 Å². The molecule has 0 spiro atoms. The van der Waals surface area contributed by atoms with Crippen LogP contribution in [0.3, 0.4) is 0 Å². The molecule has 0 aliphatic heterocycles. The highest BCUT2D eigenvalue weighted by Crippen LogP contribution is 2.48. The zero-order chi connectivity index (χ0) is 8.32. The van der Waals surface area contributed by atoms with E-state index in [4.69, 9.17) is 0 Å². The van der Waals surface area contributed by atoms with Crippen molar-refractivity contribution in [3.8, 4) is 0 Å². The molecule has 1 N–H and O–H groups in total. The van der Waals surface area contributed by atoms with Crippen molar-refractivity contribution in [3.63, 3.8) is 0 Å². The summed E-state index contributed by atoms with van der Waals surface area (Å²) in [4.78, 5) is 0. The van der Waals surface area contributed by atoms with Crippen molar-refractivity contribution in [2.45, 2.75) is 46.0 Å². The second-order valence-corrected chi connectivity index (χ2v) is 4.28. The van der Waals surface area contributed by atoms with Gasteiger partial charge in [0.25, 0.3) is 0 Å². The van der Waals surface area contributed by atoms with E-state index >= 15 is 0 Å². The molecular weight excluding hydrogens is 136 g/mol. The van der Waals surface area contributed by atoms with Crippen molar-refractivity contribution < 1.29 is 5.11 Å². The number of aliphatic hydroxyl groups excluding tert-OH is 1. The molecule has 1 saturated carbocycles. The third-order valence-corrected chi connectivity index (χ3v) is 2.96. The van der Waals surface area contributed by atoms with Gasteiger partial charge < -0.3 is 5.11 Å². The van der Waals surface area contributed by atoms with Crippen LogP contribution in [-0.4, -0.2) is 11.7 Å². The van der Waals surface area contributed by atoms with Gasteiger partial charge in [-0.05, 0) is 30.6 Å². The fourth-order valence-corrected chi connectivity index (χ4v) is 2.38. The van der Waals surface area contributed by atoms with Crippen LogP contribution in [-0.2, 0) is 0 Å². The molecule has 0 amide bonds. The fraction of sp³-hybridized carbons (Fsp3) is 1.00. The molecule has 66 valence electrons. The minimum absolute atomic E-state index is 0.343. The van der Waals surface area contributed by atoms with Crippen LogP contribution >= 0.6 is 0 Å². The average molecular weight is 156 g/mol. The standard InChI is InChI=1S/C10H20O/c1-3-4-5-10(8-11)6-9(2)7-10/h9,11H,3-8H2,1-2H3. The molecule has 1 fully saturated rings. The highest BCUT2D eigenvalue weighted by atomic mass is 16.3. The normalized spacial score (nSPS) is 36.8. The first-order chi connectivity index (χ1) is 5.22. The van der Waals surface area contributed by atoms with Crippen LogP contribution < -0.4 is 0 Å². The zero-order valence-corrected chi connectivity index (χ0v) is 7.77. The lowest BCUT2D eigenvalue weighted by atomic mass is 9.61. The number of rotatable bonds is 4. The summed E-state index contributed by atoms with van der Waals surface area (Å²) in [7, 11) is 0. The zero-order valence-electron chi connectivity index (χ0n) is 7.77. The van der Waals surface area contributed by atoms with Gasteiger partial charge >= 0.3 is 0 Å². The van der Waals surface area contributed by atoms with E-state index < -0.39 is 0 Å². The van der Waals surface area contributed by atoms with Crippen LogP contribution in [0, 0.1) is 11.3 Å². The first-order valence-corrected chi connectivity index (χ1v) is 4.83. The van der Waals surface area contributed by atoms with Crippen LogP contribution in [0.4, 0.5) is 0 Å². The predicted octanol–water partition coefficient (Wildman–Crippen LogP) is 2.59. The smallest absolute Gasteiger partial charge is 0.0487 e. The van der Waals surface area contributed by atoms with E-state index in [1.165, 1.54) is 32.1 Å². The van der Waals surface area contributed by atoms with Crippen LogP contribution in [0.15, 0.2) is 0 Å². The van der Waals surface area contributed by atoms with E-state index in [9.17, 15) is 5.11 Å². The molecule has 11 heavy (non-hydrogen) atoms.